The van der Waals surface area contributed by atoms with Crippen LogP contribution in [0, 0.1) is 5.92 Å². The summed E-state index contributed by atoms with van der Waals surface area (Å²) < 4.78 is 6.89. The molecule has 0 amide bonds. The molecule has 1 aliphatic carbocycles. The van der Waals surface area contributed by atoms with Crippen molar-refractivity contribution in [1.82, 2.24) is 9.97 Å². The van der Waals surface area contributed by atoms with E-state index < -0.39 is 0 Å². The Hall–Kier alpha value is -0.680. The van der Waals surface area contributed by atoms with Crippen molar-refractivity contribution in [3.05, 3.63) is 16.0 Å². The molecule has 1 unspecified atom stereocenters. The van der Waals surface area contributed by atoms with Crippen LogP contribution in [-0.4, -0.2) is 23.1 Å². The largest absolute Gasteiger partial charge is 0.370 e. The number of hydrogen-bond donors (Lipinski definition) is 1. The molecular formula is C15H24BrN3O. The predicted octanol–water partition coefficient (Wildman–Crippen LogP) is 4.11. The summed E-state index contributed by atoms with van der Waals surface area (Å²) in [7, 11) is 0. The molecule has 1 aliphatic rings. The van der Waals surface area contributed by atoms with Crippen molar-refractivity contribution >= 4 is 21.7 Å². The zero-order valence-electron chi connectivity index (χ0n) is 12.6. The van der Waals surface area contributed by atoms with Gasteiger partial charge in [-0.3, -0.25) is 0 Å². The highest BCUT2D eigenvalue weighted by Crippen LogP contribution is 2.43. The number of nitrogens with one attached hydrogen (secondary N) is 1. The minimum Gasteiger partial charge on any atom is -0.370 e. The first-order valence-corrected chi connectivity index (χ1v) is 8.42. The van der Waals surface area contributed by atoms with Gasteiger partial charge in [-0.25, -0.2) is 9.97 Å². The molecule has 1 atom stereocenters. The topological polar surface area (TPSA) is 47.0 Å². The molecule has 1 heterocycles. The lowest BCUT2D eigenvalue weighted by molar-refractivity contribution is 0.0399. The van der Waals surface area contributed by atoms with Crippen molar-refractivity contribution < 1.29 is 4.74 Å². The Labute approximate surface area is 129 Å². The SMILES string of the molecule is CCCc1nc(C(OCC)C2CC2)nc(NCC)c1Br. The number of ether oxygens (including phenoxy) is 1. The van der Waals surface area contributed by atoms with Crippen LogP contribution in [0.25, 0.3) is 0 Å². The van der Waals surface area contributed by atoms with Gasteiger partial charge in [-0.1, -0.05) is 13.3 Å². The second-order valence-corrected chi connectivity index (χ2v) is 5.98. The molecule has 1 fully saturated rings. The fourth-order valence-corrected chi connectivity index (χ4v) is 2.84. The molecule has 0 spiro atoms. The number of aromatic nitrogens is 2. The maximum atomic E-state index is 5.89. The lowest BCUT2D eigenvalue weighted by Crippen LogP contribution is -2.15. The molecule has 1 aromatic rings. The van der Waals surface area contributed by atoms with Gasteiger partial charge in [0, 0.05) is 13.2 Å². The van der Waals surface area contributed by atoms with Gasteiger partial charge in [0.2, 0.25) is 0 Å². The van der Waals surface area contributed by atoms with Gasteiger partial charge >= 0.3 is 0 Å². The molecule has 20 heavy (non-hydrogen) atoms. The number of hydrogen-bond acceptors (Lipinski definition) is 4. The Balaban J connectivity index is 2.34. The molecule has 0 radical (unpaired) electrons. The highest BCUT2D eigenvalue weighted by Gasteiger charge is 2.35. The van der Waals surface area contributed by atoms with Crippen LogP contribution in [0.2, 0.25) is 0 Å². The molecule has 112 valence electrons. The maximum absolute atomic E-state index is 5.89. The van der Waals surface area contributed by atoms with Crippen molar-refractivity contribution in [2.45, 2.75) is 52.6 Å². The fourth-order valence-electron chi connectivity index (χ4n) is 2.33. The molecule has 1 saturated carbocycles. The molecule has 2 rings (SSSR count). The van der Waals surface area contributed by atoms with E-state index in [0.717, 1.165) is 41.2 Å². The third kappa shape index (κ3) is 3.70. The molecule has 4 nitrogen and oxygen atoms in total. The fraction of sp³-hybridized carbons (Fsp3) is 0.733. The molecule has 0 bridgehead atoms. The molecule has 0 saturated heterocycles. The molecule has 0 aliphatic heterocycles. The van der Waals surface area contributed by atoms with Crippen molar-refractivity contribution in [3.63, 3.8) is 0 Å². The number of halogens is 1. The summed E-state index contributed by atoms with van der Waals surface area (Å²) in [5.41, 5.74) is 1.08. The quantitative estimate of drug-likeness (QED) is 0.772. The third-order valence-electron chi connectivity index (χ3n) is 3.42. The second kappa shape index (κ2) is 7.36. The standard InChI is InChI=1S/C15H24BrN3O/c1-4-7-11-12(16)14(17-5-2)19-15(18-11)13(20-6-3)10-8-9-10/h10,13H,4-9H2,1-3H3,(H,17,18,19). The minimum atomic E-state index is 0.0566. The van der Waals surface area contributed by atoms with E-state index in [4.69, 9.17) is 14.7 Å². The van der Waals surface area contributed by atoms with Crippen LogP contribution in [0.4, 0.5) is 5.82 Å². The second-order valence-electron chi connectivity index (χ2n) is 5.18. The van der Waals surface area contributed by atoms with E-state index in [0.29, 0.717) is 12.5 Å². The number of anilines is 1. The summed E-state index contributed by atoms with van der Waals surface area (Å²) in [5.74, 6) is 2.34. The van der Waals surface area contributed by atoms with Crippen LogP contribution >= 0.6 is 15.9 Å². The smallest absolute Gasteiger partial charge is 0.160 e. The van der Waals surface area contributed by atoms with Gasteiger partial charge in [0.1, 0.15) is 11.9 Å². The Morgan fingerprint density at radius 2 is 2.05 bits per heavy atom. The molecule has 5 heteroatoms. The van der Waals surface area contributed by atoms with E-state index in [1.807, 2.05) is 6.92 Å². The first kappa shape index (κ1) is 15.7. The Morgan fingerprint density at radius 3 is 2.60 bits per heavy atom. The number of nitrogens with zero attached hydrogens (tertiary/aromatic N) is 2. The zero-order chi connectivity index (χ0) is 14.5. The summed E-state index contributed by atoms with van der Waals surface area (Å²) >= 11 is 3.63. The predicted molar refractivity (Wildman–Crippen MR) is 85.0 cm³/mol. The van der Waals surface area contributed by atoms with Gasteiger partial charge in [0.25, 0.3) is 0 Å². The summed E-state index contributed by atoms with van der Waals surface area (Å²) in [4.78, 5) is 9.45. The van der Waals surface area contributed by atoms with Gasteiger partial charge < -0.3 is 10.1 Å². The van der Waals surface area contributed by atoms with Crippen molar-refractivity contribution in [3.8, 4) is 0 Å². The highest BCUT2D eigenvalue weighted by molar-refractivity contribution is 9.10. The monoisotopic (exact) mass is 341 g/mol. The van der Waals surface area contributed by atoms with E-state index in [-0.39, 0.29) is 6.10 Å². The average Bonchev–Trinajstić information content (AvgIpc) is 3.25. The Morgan fingerprint density at radius 1 is 1.30 bits per heavy atom. The van der Waals surface area contributed by atoms with Crippen LogP contribution in [0.15, 0.2) is 4.47 Å². The van der Waals surface area contributed by atoms with Crippen molar-refractivity contribution in [2.24, 2.45) is 5.92 Å². The minimum absolute atomic E-state index is 0.0566. The number of rotatable bonds is 8. The molecular weight excluding hydrogens is 318 g/mol. The normalized spacial score (nSPS) is 16.2. The zero-order valence-corrected chi connectivity index (χ0v) is 14.2. The summed E-state index contributed by atoms with van der Waals surface area (Å²) in [6.45, 7) is 7.84. The van der Waals surface area contributed by atoms with Gasteiger partial charge in [0.05, 0.1) is 10.2 Å². The van der Waals surface area contributed by atoms with Gasteiger partial charge in [-0.2, -0.15) is 0 Å². The molecule has 1 N–H and O–H groups in total. The number of aryl methyl sites for hydroxylation is 1. The molecule has 0 aromatic carbocycles. The Kier molecular flexibility index (Phi) is 5.78. The maximum Gasteiger partial charge on any atom is 0.160 e. The van der Waals surface area contributed by atoms with Crippen molar-refractivity contribution in [2.75, 3.05) is 18.5 Å². The van der Waals surface area contributed by atoms with E-state index >= 15 is 0 Å². The third-order valence-corrected chi connectivity index (χ3v) is 4.25. The molecule has 1 aromatic heterocycles. The van der Waals surface area contributed by atoms with Crippen LogP contribution in [-0.2, 0) is 11.2 Å². The average molecular weight is 342 g/mol. The van der Waals surface area contributed by atoms with Gasteiger partial charge in [0.15, 0.2) is 5.82 Å². The van der Waals surface area contributed by atoms with Gasteiger partial charge in [-0.05, 0) is 55.0 Å². The van der Waals surface area contributed by atoms with E-state index in [1.165, 1.54) is 12.8 Å². The van der Waals surface area contributed by atoms with Crippen LogP contribution in [0.1, 0.15) is 57.7 Å². The van der Waals surface area contributed by atoms with Crippen molar-refractivity contribution in [1.29, 1.82) is 0 Å². The highest BCUT2D eigenvalue weighted by atomic mass is 79.9. The van der Waals surface area contributed by atoms with E-state index in [9.17, 15) is 0 Å². The van der Waals surface area contributed by atoms with Gasteiger partial charge in [-0.15, -0.1) is 0 Å². The summed E-state index contributed by atoms with van der Waals surface area (Å²) in [6.07, 6.45) is 4.54. The first-order valence-electron chi connectivity index (χ1n) is 7.62. The first-order chi connectivity index (χ1) is 9.71. The lowest BCUT2D eigenvalue weighted by atomic mass is 10.2. The van der Waals surface area contributed by atoms with Crippen LogP contribution in [0.3, 0.4) is 0 Å². The van der Waals surface area contributed by atoms with E-state index in [1.54, 1.807) is 0 Å². The Bertz CT molecular complexity index is 422. The summed E-state index contributed by atoms with van der Waals surface area (Å²) in [5, 5.41) is 3.32. The van der Waals surface area contributed by atoms with Crippen LogP contribution < -0.4 is 5.32 Å². The summed E-state index contributed by atoms with van der Waals surface area (Å²) in [6, 6.07) is 0. The lowest BCUT2D eigenvalue weighted by Gasteiger charge is -2.18. The van der Waals surface area contributed by atoms with E-state index in [2.05, 4.69) is 35.1 Å². The van der Waals surface area contributed by atoms with Crippen LogP contribution in [0.5, 0.6) is 0 Å².